The van der Waals surface area contributed by atoms with Crippen molar-refractivity contribution < 1.29 is 37.4 Å². The molecule has 0 saturated carbocycles. The van der Waals surface area contributed by atoms with E-state index in [0.717, 1.165) is 6.07 Å². The van der Waals surface area contributed by atoms with Crippen molar-refractivity contribution in [1.29, 1.82) is 0 Å². The van der Waals surface area contributed by atoms with Gasteiger partial charge in [-0.05, 0) is 18.2 Å². The van der Waals surface area contributed by atoms with Crippen LogP contribution in [0.15, 0.2) is 36.4 Å². The highest BCUT2D eigenvalue weighted by Gasteiger charge is 2.43. The van der Waals surface area contributed by atoms with Crippen LogP contribution in [-0.2, 0) is 4.79 Å². The Bertz CT molecular complexity index is 904. The average molecular weight is 382 g/mol. The number of carbonyl (C=O) groups is 1. The minimum Gasteiger partial charge on any atom is -0.493 e. The molecule has 0 aromatic heterocycles. The van der Waals surface area contributed by atoms with Crippen molar-refractivity contribution in [2.45, 2.75) is 6.29 Å². The largest absolute Gasteiger partial charge is 0.586 e. The Labute approximate surface area is 150 Å². The number of benzene rings is 2. The first-order chi connectivity index (χ1) is 12.8. The predicted molar refractivity (Wildman–Crippen MR) is 86.4 cm³/mol. The molecule has 11 heteroatoms. The molecule has 27 heavy (non-hydrogen) atoms. The minimum atomic E-state index is -3.76. The van der Waals surface area contributed by atoms with Gasteiger partial charge >= 0.3 is 6.29 Å². The number of hydrogen-bond acceptors (Lipinski definition) is 7. The van der Waals surface area contributed by atoms with Crippen LogP contribution in [0.2, 0.25) is 0 Å². The Morgan fingerprint density at radius 2 is 1.93 bits per heavy atom. The van der Waals surface area contributed by atoms with Gasteiger partial charge in [0.1, 0.15) is 0 Å². The lowest BCUT2D eigenvalue weighted by molar-refractivity contribution is -0.385. The third-order valence-corrected chi connectivity index (χ3v) is 3.40. The van der Waals surface area contributed by atoms with Gasteiger partial charge in [0.25, 0.3) is 11.6 Å². The van der Waals surface area contributed by atoms with Crippen LogP contribution in [0.5, 0.6) is 23.0 Å². The monoisotopic (exact) mass is 382 g/mol. The summed E-state index contributed by atoms with van der Waals surface area (Å²) in [7, 11) is 1.34. The molecule has 1 N–H and O–H groups in total. The van der Waals surface area contributed by atoms with E-state index in [2.05, 4.69) is 14.8 Å². The predicted octanol–water partition coefficient (Wildman–Crippen LogP) is 2.94. The molecule has 1 aliphatic rings. The van der Waals surface area contributed by atoms with E-state index < -0.39 is 23.7 Å². The molecule has 0 atom stereocenters. The molecular formula is C16H12F2N2O7. The highest BCUT2D eigenvalue weighted by Crippen LogP contribution is 2.42. The zero-order valence-electron chi connectivity index (χ0n) is 13.7. The molecule has 9 nitrogen and oxygen atoms in total. The molecule has 0 aliphatic carbocycles. The van der Waals surface area contributed by atoms with Crippen LogP contribution in [0, 0.1) is 10.1 Å². The van der Waals surface area contributed by atoms with Gasteiger partial charge in [-0.2, -0.15) is 0 Å². The van der Waals surface area contributed by atoms with Gasteiger partial charge in [0.15, 0.2) is 29.6 Å². The van der Waals surface area contributed by atoms with Crippen LogP contribution in [0.4, 0.5) is 20.2 Å². The number of anilines is 1. The van der Waals surface area contributed by atoms with Crippen LogP contribution in [0.3, 0.4) is 0 Å². The van der Waals surface area contributed by atoms with Gasteiger partial charge in [-0.1, -0.05) is 0 Å². The number of carbonyl (C=O) groups excluding carboxylic acids is 1. The smallest absolute Gasteiger partial charge is 0.493 e. The van der Waals surface area contributed by atoms with Crippen molar-refractivity contribution in [3.63, 3.8) is 0 Å². The number of rotatable bonds is 6. The zero-order chi connectivity index (χ0) is 19.6. The zero-order valence-corrected chi connectivity index (χ0v) is 13.7. The van der Waals surface area contributed by atoms with Crippen molar-refractivity contribution in [2.24, 2.45) is 0 Å². The number of non-ortho nitro benzene ring substituents is 1. The number of alkyl halides is 2. The summed E-state index contributed by atoms with van der Waals surface area (Å²) >= 11 is 0. The molecule has 0 fully saturated rings. The Morgan fingerprint density at radius 3 is 2.63 bits per heavy atom. The number of nitrogens with zero attached hydrogens (tertiary/aromatic N) is 1. The molecule has 0 saturated heterocycles. The molecule has 0 spiro atoms. The lowest BCUT2D eigenvalue weighted by Crippen LogP contribution is -2.25. The normalized spacial score (nSPS) is 13.7. The number of halogens is 2. The molecule has 1 heterocycles. The molecule has 0 unspecified atom stereocenters. The Hall–Kier alpha value is -3.63. The van der Waals surface area contributed by atoms with Crippen LogP contribution < -0.4 is 24.3 Å². The summed E-state index contributed by atoms with van der Waals surface area (Å²) in [4.78, 5) is 22.2. The lowest BCUT2D eigenvalue weighted by Gasteiger charge is -2.11. The first-order valence-corrected chi connectivity index (χ1v) is 7.42. The third kappa shape index (κ3) is 4.14. The van der Waals surface area contributed by atoms with Gasteiger partial charge in [-0.15, -0.1) is 8.78 Å². The summed E-state index contributed by atoms with van der Waals surface area (Å²) in [6.07, 6.45) is -3.76. The first-order valence-electron chi connectivity index (χ1n) is 7.42. The van der Waals surface area contributed by atoms with Crippen LogP contribution >= 0.6 is 0 Å². The second kappa shape index (κ2) is 6.94. The first kappa shape index (κ1) is 18.2. The van der Waals surface area contributed by atoms with Crippen LogP contribution in [-0.4, -0.2) is 30.8 Å². The van der Waals surface area contributed by atoms with Gasteiger partial charge in [0.05, 0.1) is 18.1 Å². The Morgan fingerprint density at radius 1 is 1.19 bits per heavy atom. The number of methoxy groups -OCH3 is 1. The quantitative estimate of drug-likeness (QED) is 0.604. The number of nitrogens with one attached hydrogen (secondary N) is 1. The topological polar surface area (TPSA) is 109 Å². The van der Waals surface area contributed by atoms with E-state index in [-0.39, 0.29) is 34.4 Å². The maximum Gasteiger partial charge on any atom is 0.586 e. The summed E-state index contributed by atoms with van der Waals surface area (Å²) in [5.41, 5.74) is -0.0578. The molecule has 0 bridgehead atoms. The number of hydrogen-bond donors (Lipinski definition) is 1. The Kier molecular flexibility index (Phi) is 4.67. The maximum atomic E-state index is 13.0. The van der Waals surface area contributed by atoms with Crippen LogP contribution in [0.1, 0.15) is 0 Å². The summed E-state index contributed by atoms with van der Waals surface area (Å²) < 4.78 is 44.8. The van der Waals surface area contributed by atoms with E-state index in [4.69, 9.17) is 9.47 Å². The summed E-state index contributed by atoms with van der Waals surface area (Å²) in [5, 5.41) is 13.3. The summed E-state index contributed by atoms with van der Waals surface area (Å²) in [6, 6.07) is 7.42. The van der Waals surface area contributed by atoms with Crippen molar-refractivity contribution in [3.8, 4) is 23.0 Å². The van der Waals surface area contributed by atoms with E-state index in [9.17, 15) is 23.7 Å². The third-order valence-electron chi connectivity index (χ3n) is 3.40. The standard InChI is InChI=1S/C16H12F2N2O7/c1-24-11-5-3-10(20(22)23)7-13(11)25-8-15(21)19-9-2-4-12-14(6-9)27-16(17,18)26-12/h2-7H,8H2,1H3,(H,19,21). The number of fused-ring (bicyclic) bond motifs is 1. The van der Waals surface area contributed by atoms with Gasteiger partial charge in [0, 0.05) is 17.8 Å². The fourth-order valence-corrected chi connectivity index (χ4v) is 2.26. The van der Waals surface area contributed by atoms with E-state index >= 15 is 0 Å². The second-order valence-electron chi connectivity index (χ2n) is 5.26. The van der Waals surface area contributed by atoms with Gasteiger partial charge in [0.2, 0.25) is 0 Å². The summed E-state index contributed by atoms with van der Waals surface area (Å²) in [5.74, 6) is -0.797. The summed E-state index contributed by atoms with van der Waals surface area (Å²) in [6.45, 7) is -0.498. The fourth-order valence-electron chi connectivity index (χ4n) is 2.26. The second-order valence-corrected chi connectivity index (χ2v) is 5.26. The maximum absolute atomic E-state index is 13.0. The van der Waals surface area contributed by atoms with E-state index in [1.54, 1.807) is 0 Å². The van der Waals surface area contributed by atoms with Crippen molar-refractivity contribution in [3.05, 3.63) is 46.5 Å². The van der Waals surface area contributed by atoms with Crippen molar-refractivity contribution in [1.82, 2.24) is 0 Å². The van der Waals surface area contributed by atoms with E-state index in [0.29, 0.717) is 0 Å². The molecule has 0 radical (unpaired) electrons. The highest BCUT2D eigenvalue weighted by atomic mass is 19.3. The molecule has 2 aromatic rings. The molecule has 2 aromatic carbocycles. The van der Waals surface area contributed by atoms with Gasteiger partial charge in [-0.3, -0.25) is 14.9 Å². The number of amides is 1. The Balaban J connectivity index is 1.64. The average Bonchev–Trinajstić information content (AvgIpc) is 2.92. The van der Waals surface area contributed by atoms with Gasteiger partial charge in [-0.25, -0.2) is 0 Å². The molecule has 142 valence electrons. The van der Waals surface area contributed by atoms with E-state index in [1.807, 2.05) is 0 Å². The van der Waals surface area contributed by atoms with Crippen LogP contribution in [0.25, 0.3) is 0 Å². The molecule has 1 amide bonds. The number of nitro benzene ring substituents is 1. The minimum absolute atomic E-state index is 0.00665. The van der Waals surface area contributed by atoms with Crippen molar-refractivity contribution >= 4 is 17.3 Å². The lowest BCUT2D eigenvalue weighted by atomic mass is 10.2. The van der Waals surface area contributed by atoms with E-state index in [1.165, 1.54) is 37.4 Å². The van der Waals surface area contributed by atoms with Crippen molar-refractivity contribution in [2.75, 3.05) is 19.0 Å². The SMILES string of the molecule is COc1ccc([N+](=O)[O-])cc1OCC(=O)Nc1ccc2c(c1)OC(F)(F)O2. The van der Waals surface area contributed by atoms with Gasteiger partial charge < -0.3 is 24.3 Å². The molecule has 1 aliphatic heterocycles. The highest BCUT2D eigenvalue weighted by molar-refractivity contribution is 5.92. The number of ether oxygens (including phenoxy) is 4. The molecule has 3 rings (SSSR count). The fraction of sp³-hybridized carbons (Fsp3) is 0.188. The molecular weight excluding hydrogens is 370 g/mol. The number of nitro groups is 1.